The quantitative estimate of drug-likeness (QED) is 0.297. The molecule has 7 nitrogen and oxygen atoms in total. The molecular formula is C20H26NO6+. The van der Waals surface area contributed by atoms with E-state index in [0.717, 1.165) is 36.4 Å². The van der Waals surface area contributed by atoms with Crippen molar-refractivity contribution in [1.29, 1.82) is 0 Å². The molecule has 0 amide bonds. The Kier molecular flexibility index (Phi) is 6.28. The van der Waals surface area contributed by atoms with Crippen LogP contribution >= 0.6 is 0 Å². The van der Waals surface area contributed by atoms with Crippen LogP contribution in [-0.4, -0.2) is 60.1 Å². The van der Waals surface area contributed by atoms with Crippen molar-refractivity contribution in [3.8, 4) is 17.2 Å². The molecule has 3 N–H and O–H groups in total. The maximum atomic E-state index is 12.3. The van der Waals surface area contributed by atoms with Crippen molar-refractivity contribution in [1.82, 2.24) is 0 Å². The summed E-state index contributed by atoms with van der Waals surface area (Å²) in [6.45, 7) is 1.27. The van der Waals surface area contributed by atoms with E-state index >= 15 is 0 Å². The first-order valence-corrected chi connectivity index (χ1v) is 8.80. The van der Waals surface area contributed by atoms with E-state index in [-0.39, 0.29) is 22.9 Å². The molecule has 0 atom stereocenters. The second-order valence-corrected chi connectivity index (χ2v) is 7.56. The van der Waals surface area contributed by atoms with Crippen molar-refractivity contribution in [2.24, 2.45) is 0 Å². The fourth-order valence-corrected chi connectivity index (χ4v) is 2.74. The molecule has 0 saturated carbocycles. The Hall–Kier alpha value is -2.80. The van der Waals surface area contributed by atoms with E-state index < -0.39 is 28.6 Å². The van der Waals surface area contributed by atoms with Crippen LogP contribution in [0.2, 0.25) is 0 Å². The van der Waals surface area contributed by atoms with Crippen molar-refractivity contribution in [2.45, 2.75) is 19.3 Å². The minimum absolute atomic E-state index is 0.0262. The van der Waals surface area contributed by atoms with E-state index in [9.17, 15) is 24.9 Å². The van der Waals surface area contributed by atoms with E-state index in [1.54, 1.807) is 0 Å². The summed E-state index contributed by atoms with van der Waals surface area (Å²) in [5.41, 5.74) is -0.873. The number of hydrogen-bond donors (Lipinski definition) is 3. The van der Waals surface area contributed by atoms with E-state index in [1.807, 2.05) is 0 Å². The second kappa shape index (κ2) is 8.26. The fraction of sp³-hybridized carbons (Fsp3) is 0.400. The van der Waals surface area contributed by atoms with Gasteiger partial charge in [-0.25, -0.2) is 4.79 Å². The standard InChI is InChI=1S/C20H25NO6/c1-21(2,3)9-5-4-6-10-27-20(26)14-11-13-7-8-15(22)18(24)17(13)19(25)16(23)12-14/h7-8,11-12H,4-6,9-10H2,1-3H3,(H2-,22,23,24,25,26)/p+1. The number of phenolic OH excluding ortho intramolecular Hbond substituents is 2. The highest BCUT2D eigenvalue weighted by Gasteiger charge is 2.15. The van der Waals surface area contributed by atoms with Gasteiger partial charge in [-0.3, -0.25) is 4.79 Å². The smallest absolute Gasteiger partial charge is 0.338 e. The Morgan fingerprint density at radius 1 is 1.00 bits per heavy atom. The first kappa shape index (κ1) is 20.5. The SMILES string of the molecule is C[N+](C)(C)CCCCCOC(=O)c1cc(=O)c(O)c2c(O)c(O)ccc2c1. The number of ether oxygens (including phenoxy) is 1. The maximum Gasteiger partial charge on any atom is 0.338 e. The van der Waals surface area contributed by atoms with Crippen LogP contribution in [-0.2, 0) is 4.74 Å². The lowest BCUT2D eigenvalue weighted by Crippen LogP contribution is -2.35. The predicted octanol–water partition coefficient (Wildman–Crippen LogP) is 2.35. The zero-order chi connectivity index (χ0) is 20.2. The molecule has 0 unspecified atom stereocenters. The molecule has 0 bridgehead atoms. The molecule has 146 valence electrons. The average Bonchev–Trinajstić information content (AvgIpc) is 2.71. The van der Waals surface area contributed by atoms with Crippen molar-refractivity contribution in [3.05, 3.63) is 40.1 Å². The average molecular weight is 376 g/mol. The van der Waals surface area contributed by atoms with Crippen LogP contribution < -0.4 is 5.43 Å². The number of carbonyl (C=O) groups is 1. The fourth-order valence-electron chi connectivity index (χ4n) is 2.74. The summed E-state index contributed by atoms with van der Waals surface area (Å²) >= 11 is 0. The van der Waals surface area contributed by atoms with Gasteiger partial charge in [-0.05, 0) is 36.8 Å². The van der Waals surface area contributed by atoms with E-state index in [0.29, 0.717) is 0 Å². The summed E-state index contributed by atoms with van der Waals surface area (Å²) in [7, 11) is 6.35. The molecule has 0 radical (unpaired) electrons. The minimum Gasteiger partial charge on any atom is -0.504 e. The zero-order valence-corrected chi connectivity index (χ0v) is 15.9. The van der Waals surface area contributed by atoms with Crippen molar-refractivity contribution >= 4 is 16.7 Å². The summed E-state index contributed by atoms with van der Waals surface area (Å²) in [6, 6.07) is 4.91. The van der Waals surface area contributed by atoms with Crippen molar-refractivity contribution in [2.75, 3.05) is 34.3 Å². The highest BCUT2D eigenvalue weighted by molar-refractivity contribution is 5.99. The number of aromatic hydroxyl groups is 3. The minimum atomic E-state index is -0.846. The summed E-state index contributed by atoms with van der Waals surface area (Å²) in [5.74, 6) is -2.50. The molecule has 0 aromatic heterocycles. The van der Waals surface area contributed by atoms with Crippen LogP contribution in [0.4, 0.5) is 0 Å². The Balaban J connectivity index is 2.12. The monoisotopic (exact) mass is 376 g/mol. The molecule has 0 aliphatic rings. The van der Waals surface area contributed by atoms with Gasteiger partial charge >= 0.3 is 5.97 Å². The number of phenols is 2. The molecule has 2 rings (SSSR count). The molecule has 0 saturated heterocycles. The molecule has 2 aromatic rings. The normalized spacial score (nSPS) is 11.5. The molecule has 0 fully saturated rings. The molecule has 0 heterocycles. The summed E-state index contributed by atoms with van der Waals surface area (Å²) in [6.07, 6.45) is 2.66. The van der Waals surface area contributed by atoms with E-state index in [2.05, 4.69) is 21.1 Å². The Morgan fingerprint density at radius 3 is 2.37 bits per heavy atom. The van der Waals surface area contributed by atoms with Crippen LogP contribution in [0, 0.1) is 0 Å². The first-order valence-electron chi connectivity index (χ1n) is 8.80. The van der Waals surface area contributed by atoms with Gasteiger partial charge in [-0.1, -0.05) is 6.07 Å². The zero-order valence-electron chi connectivity index (χ0n) is 15.9. The number of carbonyl (C=O) groups excluding carboxylic acids is 1. The molecule has 27 heavy (non-hydrogen) atoms. The van der Waals surface area contributed by atoms with Gasteiger partial charge in [-0.2, -0.15) is 0 Å². The van der Waals surface area contributed by atoms with Crippen molar-refractivity contribution in [3.63, 3.8) is 0 Å². The summed E-state index contributed by atoms with van der Waals surface area (Å²) in [4.78, 5) is 24.4. The predicted molar refractivity (Wildman–Crippen MR) is 102 cm³/mol. The van der Waals surface area contributed by atoms with Crippen molar-refractivity contribution < 1.29 is 29.3 Å². The van der Waals surface area contributed by atoms with E-state index in [1.165, 1.54) is 18.2 Å². The molecule has 0 spiro atoms. The highest BCUT2D eigenvalue weighted by atomic mass is 16.5. The number of hydrogen-bond acceptors (Lipinski definition) is 6. The van der Waals surface area contributed by atoms with Gasteiger partial charge in [0.25, 0.3) is 0 Å². The largest absolute Gasteiger partial charge is 0.504 e. The van der Waals surface area contributed by atoms with Crippen LogP contribution in [0.3, 0.4) is 0 Å². The number of esters is 1. The van der Waals surface area contributed by atoms with Gasteiger partial charge in [0.15, 0.2) is 17.2 Å². The Morgan fingerprint density at radius 2 is 1.70 bits per heavy atom. The number of nitrogens with zero attached hydrogens (tertiary/aromatic N) is 1. The topological polar surface area (TPSA) is 104 Å². The molecule has 0 aliphatic carbocycles. The lowest BCUT2D eigenvalue weighted by Gasteiger charge is -2.23. The summed E-state index contributed by atoms with van der Waals surface area (Å²) < 4.78 is 6.10. The lowest BCUT2D eigenvalue weighted by molar-refractivity contribution is -0.870. The molecular weight excluding hydrogens is 350 g/mol. The highest BCUT2D eigenvalue weighted by Crippen LogP contribution is 2.36. The van der Waals surface area contributed by atoms with Gasteiger partial charge in [0, 0.05) is 6.07 Å². The molecule has 7 heteroatoms. The van der Waals surface area contributed by atoms with Crippen LogP contribution in [0.1, 0.15) is 29.6 Å². The third-order valence-corrected chi connectivity index (χ3v) is 4.20. The van der Waals surface area contributed by atoms with Gasteiger partial charge in [0.2, 0.25) is 5.43 Å². The number of rotatable bonds is 7. The number of quaternary nitrogens is 1. The number of benzene rings is 1. The van der Waals surface area contributed by atoms with Gasteiger partial charge in [0.05, 0.1) is 45.2 Å². The Bertz CT molecular complexity index is 901. The maximum absolute atomic E-state index is 12.3. The number of fused-ring (bicyclic) bond motifs is 1. The lowest BCUT2D eigenvalue weighted by atomic mass is 10.1. The Labute approximate surface area is 157 Å². The number of unbranched alkanes of at least 4 members (excludes halogenated alkanes) is 2. The van der Waals surface area contributed by atoms with Gasteiger partial charge < -0.3 is 24.5 Å². The second-order valence-electron chi connectivity index (χ2n) is 7.56. The third-order valence-electron chi connectivity index (χ3n) is 4.20. The van der Waals surface area contributed by atoms with Gasteiger partial charge in [0.1, 0.15) is 0 Å². The van der Waals surface area contributed by atoms with Gasteiger partial charge in [-0.15, -0.1) is 0 Å². The van der Waals surface area contributed by atoms with E-state index in [4.69, 9.17) is 4.74 Å². The van der Waals surface area contributed by atoms with Crippen LogP contribution in [0.5, 0.6) is 17.2 Å². The molecule has 0 aliphatic heterocycles. The summed E-state index contributed by atoms with van der Waals surface area (Å²) in [5, 5.41) is 29.6. The van der Waals surface area contributed by atoms with Crippen LogP contribution in [0.25, 0.3) is 10.8 Å². The molecule has 2 aromatic carbocycles. The van der Waals surface area contributed by atoms with Crippen LogP contribution in [0.15, 0.2) is 29.1 Å². The third kappa shape index (κ3) is 5.34. The first-order chi connectivity index (χ1) is 12.6.